The van der Waals surface area contributed by atoms with Crippen LogP contribution in [0.5, 0.6) is 11.5 Å². The lowest BCUT2D eigenvalue weighted by Crippen LogP contribution is -2.41. The van der Waals surface area contributed by atoms with Crippen LogP contribution in [0.4, 0.5) is 5.69 Å². The van der Waals surface area contributed by atoms with Gasteiger partial charge < -0.3 is 20.5 Å². The molecule has 3 rings (SSSR count). The van der Waals surface area contributed by atoms with Crippen LogP contribution in [0, 0.1) is 16.0 Å². The van der Waals surface area contributed by atoms with Gasteiger partial charge in [-0.25, -0.2) is 4.98 Å². The average Bonchev–Trinajstić information content (AvgIpc) is 3.38. The van der Waals surface area contributed by atoms with Crippen LogP contribution in [0.2, 0.25) is 0 Å². The summed E-state index contributed by atoms with van der Waals surface area (Å²) in [5, 5.41) is 16.1. The fourth-order valence-corrected chi connectivity index (χ4v) is 3.27. The largest absolute Gasteiger partial charge is 0.493 e. The zero-order valence-corrected chi connectivity index (χ0v) is 15.5. The summed E-state index contributed by atoms with van der Waals surface area (Å²) < 4.78 is 10.9. The van der Waals surface area contributed by atoms with Crippen molar-refractivity contribution in [2.45, 2.75) is 25.5 Å². The fraction of sp³-hybridized carbons (Fsp3) is 0.412. The second kappa shape index (κ2) is 8.31. The Kier molecular flexibility index (Phi) is 5.87. The molecule has 0 spiro atoms. The molecule has 0 aliphatic heterocycles. The molecule has 1 saturated carbocycles. The minimum absolute atomic E-state index is 0.0861. The normalized spacial score (nSPS) is 14.4. The molecule has 0 saturated heterocycles. The highest BCUT2D eigenvalue weighted by molar-refractivity contribution is 7.07. The molecular weight excluding hydrogens is 372 g/mol. The first-order valence-electron chi connectivity index (χ1n) is 8.40. The molecule has 10 heteroatoms. The third-order valence-electron chi connectivity index (χ3n) is 4.34. The van der Waals surface area contributed by atoms with Crippen LogP contribution < -0.4 is 20.5 Å². The lowest BCUT2D eigenvalue weighted by Gasteiger charge is -2.17. The lowest BCUT2D eigenvalue weighted by molar-refractivity contribution is -0.385. The summed E-state index contributed by atoms with van der Waals surface area (Å²) >= 11 is 1.42. The Morgan fingerprint density at radius 1 is 1.48 bits per heavy atom. The van der Waals surface area contributed by atoms with E-state index in [1.165, 1.54) is 30.6 Å². The summed E-state index contributed by atoms with van der Waals surface area (Å²) in [6.07, 6.45) is 1.99. The highest BCUT2D eigenvalue weighted by atomic mass is 32.1. The van der Waals surface area contributed by atoms with Crippen molar-refractivity contribution < 1.29 is 19.2 Å². The number of carbonyl (C=O) groups excluding carboxylic acids is 1. The summed E-state index contributed by atoms with van der Waals surface area (Å²) in [5.41, 5.74) is 7.63. The Bertz CT molecular complexity index is 823. The molecule has 1 unspecified atom stereocenters. The van der Waals surface area contributed by atoms with Gasteiger partial charge in [-0.3, -0.25) is 14.9 Å². The molecule has 1 aromatic carbocycles. The molecule has 1 amide bonds. The van der Waals surface area contributed by atoms with E-state index in [0.29, 0.717) is 11.6 Å². The number of carbonyl (C=O) groups is 1. The molecule has 9 nitrogen and oxygen atoms in total. The number of nitrogens with two attached hydrogens (primary N) is 1. The van der Waals surface area contributed by atoms with Crippen molar-refractivity contribution >= 4 is 22.9 Å². The first kappa shape index (κ1) is 19.1. The highest BCUT2D eigenvalue weighted by Crippen LogP contribution is 2.36. The Balaban J connectivity index is 1.86. The maximum Gasteiger partial charge on any atom is 0.286 e. The van der Waals surface area contributed by atoms with Crippen molar-refractivity contribution in [3.05, 3.63) is 44.4 Å². The van der Waals surface area contributed by atoms with Crippen molar-refractivity contribution in [2.75, 3.05) is 13.7 Å². The highest BCUT2D eigenvalue weighted by Gasteiger charge is 2.33. The first-order valence-corrected chi connectivity index (χ1v) is 9.35. The van der Waals surface area contributed by atoms with Gasteiger partial charge in [0.15, 0.2) is 11.5 Å². The van der Waals surface area contributed by atoms with Gasteiger partial charge in [0.1, 0.15) is 12.2 Å². The van der Waals surface area contributed by atoms with Gasteiger partial charge in [-0.2, -0.15) is 0 Å². The van der Waals surface area contributed by atoms with E-state index in [4.69, 9.17) is 15.2 Å². The van der Waals surface area contributed by atoms with Crippen molar-refractivity contribution in [1.29, 1.82) is 0 Å². The van der Waals surface area contributed by atoms with Crippen LogP contribution in [0.25, 0.3) is 0 Å². The van der Waals surface area contributed by atoms with Crippen LogP contribution >= 0.6 is 11.3 Å². The number of thiazole rings is 1. The van der Waals surface area contributed by atoms with E-state index < -0.39 is 10.8 Å². The van der Waals surface area contributed by atoms with Crippen LogP contribution in [0.15, 0.2) is 23.0 Å². The number of nitrogens with zero attached hydrogens (tertiary/aromatic N) is 2. The molecule has 3 N–H and O–H groups in total. The SMILES string of the molecule is COc1cc(C(=O)NC(CN)C2CC2)c([N+](=O)[O-])cc1OCc1cscn1. The van der Waals surface area contributed by atoms with Gasteiger partial charge in [0.25, 0.3) is 11.6 Å². The smallest absolute Gasteiger partial charge is 0.286 e. The summed E-state index contributed by atoms with van der Waals surface area (Å²) in [7, 11) is 1.41. The molecule has 0 radical (unpaired) electrons. The van der Waals surface area contributed by atoms with E-state index in [2.05, 4.69) is 10.3 Å². The molecule has 27 heavy (non-hydrogen) atoms. The van der Waals surface area contributed by atoms with Gasteiger partial charge in [0.2, 0.25) is 0 Å². The Morgan fingerprint density at radius 3 is 2.81 bits per heavy atom. The van der Waals surface area contributed by atoms with Crippen molar-refractivity contribution in [2.24, 2.45) is 11.7 Å². The summed E-state index contributed by atoms with van der Waals surface area (Å²) in [4.78, 5) is 27.6. The summed E-state index contributed by atoms with van der Waals surface area (Å²) in [6.45, 7) is 0.426. The summed E-state index contributed by atoms with van der Waals surface area (Å²) in [5.74, 6) is 0.192. The molecule has 1 aliphatic rings. The minimum atomic E-state index is -0.612. The van der Waals surface area contributed by atoms with Crippen LogP contribution in [0.3, 0.4) is 0 Å². The molecule has 1 heterocycles. The predicted octanol–water partition coefficient (Wildman–Crippen LogP) is 2.11. The van der Waals surface area contributed by atoms with Gasteiger partial charge in [-0.1, -0.05) is 0 Å². The number of nitrogens with one attached hydrogen (secondary N) is 1. The van der Waals surface area contributed by atoms with Crippen molar-refractivity contribution in [3.63, 3.8) is 0 Å². The molecule has 1 fully saturated rings. The lowest BCUT2D eigenvalue weighted by atomic mass is 10.1. The number of rotatable bonds is 9. The number of amides is 1. The molecule has 0 bridgehead atoms. The Labute approximate surface area is 159 Å². The number of hydrogen-bond donors (Lipinski definition) is 2. The molecular formula is C17H20N4O5S. The van der Waals surface area contributed by atoms with Crippen LogP contribution in [-0.2, 0) is 6.61 Å². The fourth-order valence-electron chi connectivity index (χ4n) is 2.73. The number of nitro benzene ring substituents is 1. The maximum absolute atomic E-state index is 12.6. The standard InChI is InChI=1S/C17H20N4O5S/c1-25-15-4-12(17(22)20-13(6-18)10-2-3-10)14(21(23)24)5-16(15)26-7-11-8-27-9-19-11/h4-5,8-10,13H,2-3,6-7,18H2,1H3,(H,20,22). The second-order valence-electron chi connectivity index (χ2n) is 6.20. The van der Waals surface area contributed by atoms with Gasteiger partial charge in [-0.15, -0.1) is 11.3 Å². The molecule has 144 valence electrons. The van der Waals surface area contributed by atoms with E-state index in [9.17, 15) is 14.9 Å². The zero-order valence-electron chi connectivity index (χ0n) is 14.7. The number of nitro groups is 1. The molecule has 2 aromatic rings. The first-order chi connectivity index (χ1) is 13.0. The van der Waals surface area contributed by atoms with Crippen molar-refractivity contribution in [3.8, 4) is 11.5 Å². The maximum atomic E-state index is 12.6. The molecule has 1 aromatic heterocycles. The van der Waals surface area contributed by atoms with Gasteiger partial charge >= 0.3 is 0 Å². The van der Waals surface area contributed by atoms with Gasteiger partial charge in [0.05, 0.1) is 29.3 Å². The predicted molar refractivity (Wildman–Crippen MR) is 99.1 cm³/mol. The van der Waals surface area contributed by atoms with E-state index in [1.54, 1.807) is 5.51 Å². The van der Waals surface area contributed by atoms with E-state index >= 15 is 0 Å². The summed E-state index contributed by atoms with van der Waals surface area (Å²) in [6, 6.07) is 2.34. The molecule has 1 aliphatic carbocycles. The Morgan fingerprint density at radius 2 is 2.26 bits per heavy atom. The molecule has 1 atom stereocenters. The van der Waals surface area contributed by atoms with E-state index in [-0.39, 0.29) is 41.9 Å². The monoisotopic (exact) mass is 392 g/mol. The van der Waals surface area contributed by atoms with Gasteiger partial charge in [-0.05, 0) is 18.8 Å². The zero-order chi connectivity index (χ0) is 19.4. The number of benzene rings is 1. The number of ether oxygens (including phenoxy) is 2. The van der Waals surface area contributed by atoms with E-state index in [0.717, 1.165) is 12.8 Å². The minimum Gasteiger partial charge on any atom is -0.493 e. The average molecular weight is 392 g/mol. The second-order valence-corrected chi connectivity index (χ2v) is 6.92. The van der Waals surface area contributed by atoms with E-state index in [1.807, 2.05) is 5.38 Å². The quantitative estimate of drug-likeness (QED) is 0.494. The third kappa shape index (κ3) is 4.52. The van der Waals surface area contributed by atoms with Crippen LogP contribution in [0.1, 0.15) is 28.9 Å². The number of hydrogen-bond acceptors (Lipinski definition) is 8. The Hall–Kier alpha value is -2.72. The topological polar surface area (TPSA) is 130 Å². The number of aromatic nitrogens is 1. The van der Waals surface area contributed by atoms with Gasteiger partial charge in [0, 0.05) is 24.0 Å². The van der Waals surface area contributed by atoms with Crippen molar-refractivity contribution in [1.82, 2.24) is 10.3 Å². The third-order valence-corrected chi connectivity index (χ3v) is 4.98. The number of methoxy groups -OCH3 is 1. The van der Waals surface area contributed by atoms with Crippen LogP contribution in [-0.4, -0.2) is 35.5 Å².